The summed E-state index contributed by atoms with van der Waals surface area (Å²) in [6, 6.07) is 1.51. The molecule has 0 saturated carbocycles. The lowest BCUT2D eigenvalue weighted by Gasteiger charge is -2.04. The van der Waals surface area contributed by atoms with Crippen LogP contribution in [0, 0.1) is 0 Å². The van der Waals surface area contributed by atoms with Gasteiger partial charge in [-0.2, -0.15) is 0 Å². The lowest BCUT2D eigenvalue weighted by molar-refractivity contribution is 0.0695. The van der Waals surface area contributed by atoms with Crippen LogP contribution < -0.4 is 5.32 Å². The number of hydrogen-bond acceptors (Lipinski definition) is 3. The first-order valence-electron chi connectivity index (χ1n) is 4.12. The van der Waals surface area contributed by atoms with E-state index in [4.69, 9.17) is 5.11 Å². The maximum absolute atomic E-state index is 10.7. The molecule has 0 saturated heterocycles. The maximum atomic E-state index is 10.7. The summed E-state index contributed by atoms with van der Waals surface area (Å²) in [4.78, 5) is 14.6. The summed E-state index contributed by atoms with van der Waals surface area (Å²) < 4.78 is 0. The first-order valence-corrected chi connectivity index (χ1v) is 4.12. The molecule has 0 radical (unpaired) electrons. The van der Waals surface area contributed by atoms with Crippen molar-refractivity contribution in [3.63, 3.8) is 0 Å². The molecule has 1 heterocycles. The van der Waals surface area contributed by atoms with Crippen LogP contribution in [0.15, 0.2) is 18.5 Å². The van der Waals surface area contributed by atoms with Gasteiger partial charge in [0.25, 0.3) is 0 Å². The lowest BCUT2D eigenvalue weighted by atomic mass is 10.1. The molecule has 4 heteroatoms. The number of aromatic nitrogens is 1. The fourth-order valence-electron chi connectivity index (χ4n) is 1.04. The van der Waals surface area contributed by atoms with Gasteiger partial charge in [0.15, 0.2) is 0 Å². The van der Waals surface area contributed by atoms with Gasteiger partial charge in [-0.1, -0.05) is 6.92 Å². The molecule has 70 valence electrons. The van der Waals surface area contributed by atoms with Crippen molar-refractivity contribution in [1.82, 2.24) is 10.3 Å². The quantitative estimate of drug-likeness (QED) is 0.722. The Hall–Kier alpha value is -1.42. The summed E-state index contributed by atoms with van der Waals surface area (Å²) in [6.45, 7) is 3.33. The molecule has 0 atom stereocenters. The van der Waals surface area contributed by atoms with Crippen molar-refractivity contribution in [3.05, 3.63) is 29.6 Å². The normalized spacial score (nSPS) is 9.92. The molecule has 0 unspecified atom stereocenters. The number of carboxylic acids is 1. The molecule has 4 nitrogen and oxygen atoms in total. The predicted octanol–water partition coefficient (Wildman–Crippen LogP) is 0.889. The van der Waals surface area contributed by atoms with Crippen LogP contribution >= 0.6 is 0 Å². The largest absolute Gasteiger partial charge is 0.478 e. The Bertz CT molecular complexity index is 299. The first kappa shape index (κ1) is 9.67. The lowest BCUT2D eigenvalue weighted by Crippen LogP contribution is -2.15. The van der Waals surface area contributed by atoms with Crippen LogP contribution in [-0.4, -0.2) is 22.6 Å². The molecule has 0 aromatic carbocycles. The summed E-state index contributed by atoms with van der Waals surface area (Å²) in [7, 11) is 0. The fraction of sp³-hybridized carbons (Fsp3) is 0.333. The third-order valence-corrected chi connectivity index (χ3v) is 1.70. The number of hydrogen-bond donors (Lipinski definition) is 2. The van der Waals surface area contributed by atoms with Gasteiger partial charge in [0.1, 0.15) is 0 Å². The molecule has 0 fully saturated rings. The minimum absolute atomic E-state index is 0.316. The minimum Gasteiger partial charge on any atom is -0.478 e. The Balaban J connectivity index is 2.84. The number of aromatic carboxylic acids is 1. The summed E-state index contributed by atoms with van der Waals surface area (Å²) >= 11 is 0. The Morgan fingerprint density at radius 3 is 3.08 bits per heavy atom. The maximum Gasteiger partial charge on any atom is 0.336 e. The zero-order valence-electron chi connectivity index (χ0n) is 7.45. The second-order valence-electron chi connectivity index (χ2n) is 2.62. The summed E-state index contributed by atoms with van der Waals surface area (Å²) in [5, 5.41) is 11.9. The molecule has 0 bridgehead atoms. The third-order valence-electron chi connectivity index (χ3n) is 1.70. The highest BCUT2D eigenvalue weighted by atomic mass is 16.4. The molecule has 2 N–H and O–H groups in total. The monoisotopic (exact) mass is 180 g/mol. The number of carbonyl (C=O) groups is 1. The van der Waals surface area contributed by atoms with Crippen LogP contribution in [0.1, 0.15) is 22.8 Å². The van der Waals surface area contributed by atoms with E-state index in [0.717, 1.165) is 12.1 Å². The Morgan fingerprint density at radius 2 is 2.46 bits per heavy atom. The first-order chi connectivity index (χ1) is 6.25. The Morgan fingerprint density at radius 1 is 1.69 bits per heavy atom. The van der Waals surface area contributed by atoms with Gasteiger partial charge in [-0.25, -0.2) is 4.79 Å². The summed E-state index contributed by atoms with van der Waals surface area (Å²) in [6.07, 6.45) is 3.06. The number of carboxylic acid groups (broad SMARTS) is 1. The van der Waals surface area contributed by atoms with E-state index in [-0.39, 0.29) is 0 Å². The van der Waals surface area contributed by atoms with E-state index in [0.29, 0.717) is 12.1 Å². The highest BCUT2D eigenvalue weighted by Gasteiger charge is 2.07. The van der Waals surface area contributed by atoms with Crippen LogP contribution in [0.2, 0.25) is 0 Å². The smallest absolute Gasteiger partial charge is 0.336 e. The number of nitrogens with zero attached hydrogens (tertiary/aromatic N) is 1. The average Bonchev–Trinajstić information content (AvgIpc) is 2.15. The van der Waals surface area contributed by atoms with Crippen LogP contribution in [-0.2, 0) is 6.54 Å². The molecule has 0 aliphatic carbocycles. The van der Waals surface area contributed by atoms with Gasteiger partial charge in [0.2, 0.25) is 0 Å². The fourth-order valence-corrected chi connectivity index (χ4v) is 1.04. The average molecular weight is 180 g/mol. The molecule has 1 rings (SSSR count). The Labute approximate surface area is 76.6 Å². The summed E-state index contributed by atoms with van der Waals surface area (Å²) in [5.41, 5.74) is 1.04. The van der Waals surface area contributed by atoms with Gasteiger partial charge in [0.05, 0.1) is 5.56 Å². The molecule has 0 aliphatic heterocycles. The van der Waals surface area contributed by atoms with Gasteiger partial charge in [-0.15, -0.1) is 0 Å². The van der Waals surface area contributed by atoms with E-state index in [2.05, 4.69) is 10.3 Å². The second-order valence-corrected chi connectivity index (χ2v) is 2.62. The predicted molar refractivity (Wildman–Crippen MR) is 48.6 cm³/mol. The molecular formula is C9H12N2O2. The van der Waals surface area contributed by atoms with Crippen molar-refractivity contribution in [2.45, 2.75) is 13.5 Å². The van der Waals surface area contributed by atoms with Crippen LogP contribution in [0.4, 0.5) is 0 Å². The molecule has 1 aromatic heterocycles. The minimum atomic E-state index is -0.907. The molecular weight excluding hydrogens is 168 g/mol. The number of pyridine rings is 1. The molecule has 1 aromatic rings. The van der Waals surface area contributed by atoms with Crippen molar-refractivity contribution >= 4 is 5.97 Å². The van der Waals surface area contributed by atoms with E-state index in [1.54, 1.807) is 6.20 Å². The van der Waals surface area contributed by atoms with E-state index >= 15 is 0 Å². The van der Waals surface area contributed by atoms with Crippen LogP contribution in [0.25, 0.3) is 0 Å². The third kappa shape index (κ3) is 2.52. The van der Waals surface area contributed by atoms with Crippen LogP contribution in [0.3, 0.4) is 0 Å². The molecule has 13 heavy (non-hydrogen) atoms. The molecule has 0 aliphatic rings. The molecule has 0 amide bonds. The number of rotatable bonds is 4. The van der Waals surface area contributed by atoms with E-state index in [1.165, 1.54) is 12.3 Å². The number of nitrogens with one attached hydrogen (secondary N) is 1. The Kier molecular flexibility index (Phi) is 3.40. The van der Waals surface area contributed by atoms with Crippen LogP contribution in [0.5, 0.6) is 0 Å². The van der Waals surface area contributed by atoms with Gasteiger partial charge < -0.3 is 10.4 Å². The van der Waals surface area contributed by atoms with Gasteiger partial charge in [0, 0.05) is 18.9 Å². The van der Waals surface area contributed by atoms with Crippen molar-refractivity contribution in [3.8, 4) is 0 Å². The second kappa shape index (κ2) is 4.57. The van der Waals surface area contributed by atoms with Crippen molar-refractivity contribution in [1.29, 1.82) is 0 Å². The van der Waals surface area contributed by atoms with Gasteiger partial charge in [-0.05, 0) is 18.2 Å². The highest BCUT2D eigenvalue weighted by molar-refractivity contribution is 5.89. The van der Waals surface area contributed by atoms with Crippen molar-refractivity contribution in [2.75, 3.05) is 6.54 Å². The topological polar surface area (TPSA) is 62.2 Å². The van der Waals surface area contributed by atoms with E-state index in [9.17, 15) is 4.79 Å². The summed E-state index contributed by atoms with van der Waals surface area (Å²) in [5.74, 6) is -0.907. The van der Waals surface area contributed by atoms with E-state index in [1.807, 2.05) is 6.92 Å². The van der Waals surface area contributed by atoms with E-state index < -0.39 is 5.97 Å². The standard InChI is InChI=1S/C9H12N2O2/c1-2-10-5-7-6-11-4-3-8(7)9(12)13/h3-4,6,10H,2,5H2,1H3,(H,12,13). The highest BCUT2D eigenvalue weighted by Crippen LogP contribution is 2.05. The van der Waals surface area contributed by atoms with Crippen molar-refractivity contribution < 1.29 is 9.90 Å². The van der Waals surface area contributed by atoms with Gasteiger partial charge >= 0.3 is 5.97 Å². The SMILES string of the molecule is CCNCc1cnccc1C(=O)O. The zero-order chi connectivity index (χ0) is 9.68. The zero-order valence-corrected chi connectivity index (χ0v) is 7.45. The van der Waals surface area contributed by atoms with Crippen molar-refractivity contribution in [2.24, 2.45) is 0 Å². The van der Waals surface area contributed by atoms with Gasteiger partial charge in [-0.3, -0.25) is 4.98 Å². The molecule has 0 spiro atoms.